The summed E-state index contributed by atoms with van der Waals surface area (Å²) < 4.78 is 16.8. The number of benzene rings is 2. The molecule has 0 saturated carbocycles. The molecule has 0 bridgehead atoms. The number of para-hydroxylation sites is 1. The zero-order chi connectivity index (χ0) is 21.5. The Morgan fingerprint density at radius 1 is 1.07 bits per heavy atom. The highest BCUT2D eigenvalue weighted by Gasteiger charge is 2.36. The number of ether oxygens (including phenoxy) is 3. The molecule has 1 aliphatic heterocycles. The predicted molar refractivity (Wildman–Crippen MR) is 113 cm³/mol. The molecule has 2 amide bonds. The van der Waals surface area contributed by atoms with Crippen molar-refractivity contribution in [2.24, 2.45) is 0 Å². The number of esters is 1. The lowest BCUT2D eigenvalue weighted by molar-refractivity contribution is -0.138. The quantitative estimate of drug-likeness (QED) is 0.647. The average Bonchev–Trinajstić information content (AvgIpc) is 2.77. The molecule has 30 heavy (non-hydrogen) atoms. The summed E-state index contributed by atoms with van der Waals surface area (Å²) in [5, 5.41) is 5.62. The molecule has 1 atom stereocenters. The van der Waals surface area contributed by atoms with Crippen molar-refractivity contribution in [3.05, 3.63) is 65.2 Å². The second kappa shape index (κ2) is 9.82. The van der Waals surface area contributed by atoms with Crippen molar-refractivity contribution in [1.29, 1.82) is 0 Å². The standard InChI is InChI=1S/C23H26N2O5/c1-4-14-30-21-16(12-9-13-17(21)28-3)20-18(22(26)29-5-2)19(24-23(27)25-20)15-10-7-6-8-11-15/h6-13,20H,4-5,14H2,1-3H3,(H2,24,25,27). The van der Waals surface area contributed by atoms with Gasteiger partial charge in [-0.2, -0.15) is 0 Å². The first-order chi connectivity index (χ1) is 14.6. The Morgan fingerprint density at radius 3 is 2.50 bits per heavy atom. The zero-order valence-electron chi connectivity index (χ0n) is 17.4. The molecule has 1 heterocycles. The van der Waals surface area contributed by atoms with Gasteiger partial charge in [0, 0.05) is 5.56 Å². The first-order valence-electron chi connectivity index (χ1n) is 9.94. The number of rotatable bonds is 8. The molecule has 0 aromatic heterocycles. The molecular weight excluding hydrogens is 384 g/mol. The number of carbonyl (C=O) groups is 2. The smallest absolute Gasteiger partial charge is 0.338 e. The van der Waals surface area contributed by atoms with E-state index in [1.807, 2.05) is 43.3 Å². The minimum absolute atomic E-state index is 0.211. The molecule has 3 rings (SSSR count). The largest absolute Gasteiger partial charge is 0.493 e. The van der Waals surface area contributed by atoms with Crippen molar-refractivity contribution in [2.45, 2.75) is 26.3 Å². The maximum Gasteiger partial charge on any atom is 0.338 e. The van der Waals surface area contributed by atoms with Crippen molar-refractivity contribution in [1.82, 2.24) is 10.6 Å². The van der Waals surface area contributed by atoms with Crippen LogP contribution in [0, 0.1) is 0 Å². The van der Waals surface area contributed by atoms with E-state index in [1.54, 1.807) is 26.2 Å². The van der Waals surface area contributed by atoms with Crippen LogP contribution in [0.15, 0.2) is 54.1 Å². The van der Waals surface area contributed by atoms with Crippen LogP contribution in [-0.2, 0) is 9.53 Å². The van der Waals surface area contributed by atoms with Gasteiger partial charge in [-0.15, -0.1) is 0 Å². The molecule has 158 valence electrons. The zero-order valence-corrected chi connectivity index (χ0v) is 17.4. The van der Waals surface area contributed by atoms with Gasteiger partial charge in [0.15, 0.2) is 11.5 Å². The van der Waals surface area contributed by atoms with Gasteiger partial charge in [0.2, 0.25) is 0 Å². The Labute approximate surface area is 176 Å². The van der Waals surface area contributed by atoms with Crippen molar-refractivity contribution in [2.75, 3.05) is 20.3 Å². The van der Waals surface area contributed by atoms with Crippen LogP contribution in [0.5, 0.6) is 11.5 Å². The summed E-state index contributed by atoms with van der Waals surface area (Å²) in [5.74, 6) is 0.500. The molecule has 7 nitrogen and oxygen atoms in total. The van der Waals surface area contributed by atoms with Crippen molar-refractivity contribution < 1.29 is 23.8 Å². The SMILES string of the molecule is CCCOc1c(OC)cccc1C1NC(=O)NC(c2ccccc2)=C1C(=O)OCC. The van der Waals surface area contributed by atoms with Gasteiger partial charge in [-0.25, -0.2) is 9.59 Å². The maximum atomic E-state index is 13.0. The fraction of sp³-hybridized carbons (Fsp3) is 0.304. The van der Waals surface area contributed by atoms with Crippen LogP contribution in [0.3, 0.4) is 0 Å². The first kappa shape index (κ1) is 21.2. The number of nitrogens with one attached hydrogen (secondary N) is 2. The van der Waals surface area contributed by atoms with Crippen LogP contribution in [0.25, 0.3) is 5.70 Å². The van der Waals surface area contributed by atoms with E-state index in [0.29, 0.717) is 40.5 Å². The molecule has 0 spiro atoms. The van der Waals surface area contributed by atoms with Crippen LogP contribution in [0.1, 0.15) is 37.4 Å². The Hall–Kier alpha value is -3.48. The number of hydrogen-bond donors (Lipinski definition) is 2. The van der Waals surface area contributed by atoms with Crippen LogP contribution in [-0.4, -0.2) is 32.3 Å². The second-order valence-corrected chi connectivity index (χ2v) is 6.63. The van der Waals surface area contributed by atoms with Crippen molar-refractivity contribution in [3.8, 4) is 11.5 Å². The molecule has 0 fully saturated rings. The highest BCUT2D eigenvalue weighted by Crippen LogP contribution is 2.40. The molecule has 0 saturated heterocycles. The van der Waals surface area contributed by atoms with E-state index in [0.717, 1.165) is 6.42 Å². The number of carbonyl (C=O) groups excluding carboxylic acids is 2. The molecule has 1 unspecified atom stereocenters. The number of hydrogen-bond acceptors (Lipinski definition) is 5. The first-order valence-corrected chi connectivity index (χ1v) is 9.94. The lowest BCUT2D eigenvalue weighted by Crippen LogP contribution is -2.45. The number of urea groups is 1. The summed E-state index contributed by atoms with van der Waals surface area (Å²) in [6.07, 6.45) is 0.798. The minimum Gasteiger partial charge on any atom is -0.493 e. The highest BCUT2D eigenvalue weighted by atomic mass is 16.5. The van der Waals surface area contributed by atoms with Crippen molar-refractivity contribution >= 4 is 17.7 Å². The third-order valence-corrected chi connectivity index (χ3v) is 4.62. The van der Waals surface area contributed by atoms with Gasteiger partial charge in [-0.3, -0.25) is 0 Å². The molecular formula is C23H26N2O5. The Bertz CT molecular complexity index is 940. The van der Waals surface area contributed by atoms with Crippen LogP contribution in [0.2, 0.25) is 0 Å². The van der Waals surface area contributed by atoms with E-state index in [4.69, 9.17) is 14.2 Å². The second-order valence-electron chi connectivity index (χ2n) is 6.63. The summed E-state index contributed by atoms with van der Waals surface area (Å²) >= 11 is 0. The van der Waals surface area contributed by atoms with E-state index in [1.165, 1.54) is 0 Å². The lowest BCUT2D eigenvalue weighted by Gasteiger charge is -2.30. The third kappa shape index (κ3) is 4.40. The normalized spacial score (nSPS) is 15.8. The van der Waals surface area contributed by atoms with Gasteiger partial charge < -0.3 is 24.8 Å². The van der Waals surface area contributed by atoms with Crippen LogP contribution in [0.4, 0.5) is 4.79 Å². The summed E-state index contributed by atoms with van der Waals surface area (Å²) in [5.41, 5.74) is 2.04. The van der Waals surface area contributed by atoms with Gasteiger partial charge in [0.05, 0.1) is 37.6 Å². The number of amides is 2. The van der Waals surface area contributed by atoms with Gasteiger partial charge in [0.25, 0.3) is 0 Å². The fourth-order valence-electron chi connectivity index (χ4n) is 3.34. The average molecular weight is 410 g/mol. The fourth-order valence-corrected chi connectivity index (χ4v) is 3.34. The van der Waals surface area contributed by atoms with E-state index >= 15 is 0 Å². The minimum atomic E-state index is -0.769. The third-order valence-electron chi connectivity index (χ3n) is 4.62. The van der Waals surface area contributed by atoms with E-state index in [2.05, 4.69) is 10.6 Å². The van der Waals surface area contributed by atoms with Gasteiger partial charge in [-0.05, 0) is 25.0 Å². The van der Waals surface area contributed by atoms with Gasteiger partial charge >= 0.3 is 12.0 Å². The predicted octanol–water partition coefficient (Wildman–Crippen LogP) is 3.81. The molecule has 2 aromatic rings. The summed E-state index contributed by atoms with van der Waals surface area (Å²) in [4.78, 5) is 25.6. The van der Waals surface area contributed by atoms with E-state index in [-0.39, 0.29) is 6.61 Å². The monoisotopic (exact) mass is 410 g/mol. The molecule has 0 aliphatic carbocycles. The Balaban J connectivity index is 2.21. The molecule has 0 radical (unpaired) electrons. The number of methoxy groups -OCH3 is 1. The van der Waals surface area contributed by atoms with Crippen LogP contribution >= 0.6 is 0 Å². The molecule has 7 heteroatoms. The maximum absolute atomic E-state index is 13.0. The molecule has 2 N–H and O–H groups in total. The Morgan fingerprint density at radius 2 is 1.83 bits per heavy atom. The molecule has 2 aromatic carbocycles. The summed E-state index contributed by atoms with van der Waals surface area (Å²) in [6, 6.07) is 13.4. The topological polar surface area (TPSA) is 85.9 Å². The van der Waals surface area contributed by atoms with E-state index in [9.17, 15) is 9.59 Å². The van der Waals surface area contributed by atoms with Crippen molar-refractivity contribution in [3.63, 3.8) is 0 Å². The Kier molecular flexibility index (Phi) is 6.95. The van der Waals surface area contributed by atoms with Gasteiger partial charge in [-0.1, -0.05) is 49.4 Å². The molecule has 1 aliphatic rings. The highest BCUT2D eigenvalue weighted by molar-refractivity contribution is 6.04. The van der Waals surface area contributed by atoms with Crippen LogP contribution < -0.4 is 20.1 Å². The summed E-state index contributed by atoms with van der Waals surface area (Å²) in [6.45, 7) is 4.42. The lowest BCUT2D eigenvalue weighted by atomic mass is 9.92. The van der Waals surface area contributed by atoms with Gasteiger partial charge in [0.1, 0.15) is 0 Å². The van der Waals surface area contributed by atoms with E-state index < -0.39 is 18.0 Å². The summed E-state index contributed by atoms with van der Waals surface area (Å²) in [7, 11) is 1.55.